The van der Waals surface area contributed by atoms with Gasteiger partial charge in [-0.05, 0) is 43.0 Å². The van der Waals surface area contributed by atoms with E-state index in [0.29, 0.717) is 5.88 Å². The summed E-state index contributed by atoms with van der Waals surface area (Å²) >= 11 is 1.76. The number of rotatable bonds is 8. The summed E-state index contributed by atoms with van der Waals surface area (Å²) in [4.78, 5) is 9.75. The smallest absolute Gasteiger partial charge is 0.237 e. The predicted molar refractivity (Wildman–Crippen MR) is 119 cm³/mol. The van der Waals surface area contributed by atoms with Gasteiger partial charge in [0, 0.05) is 48.2 Å². The van der Waals surface area contributed by atoms with Gasteiger partial charge < -0.3 is 21.1 Å². The van der Waals surface area contributed by atoms with Crippen molar-refractivity contribution >= 4 is 29.2 Å². The number of pyridine rings is 1. The number of nitrogens with zero attached hydrogens (tertiary/aromatic N) is 2. The lowest BCUT2D eigenvalue weighted by molar-refractivity contribution is 0.194. The Morgan fingerprint density at radius 3 is 2.96 bits per heavy atom. The number of allylic oxidation sites excluding steroid dienone is 1. The van der Waals surface area contributed by atoms with E-state index in [1.165, 1.54) is 16.7 Å². The number of fused-ring (bicyclic) bond motifs is 1. The fraction of sp³-hybridized carbons (Fsp3) is 0.333. The van der Waals surface area contributed by atoms with E-state index in [1.807, 2.05) is 6.07 Å². The molecule has 148 valence electrons. The fourth-order valence-corrected chi connectivity index (χ4v) is 3.42. The first-order valence-corrected chi connectivity index (χ1v) is 10.5. The van der Waals surface area contributed by atoms with Crippen LogP contribution in [0.1, 0.15) is 11.1 Å². The van der Waals surface area contributed by atoms with Crippen molar-refractivity contribution in [1.82, 2.24) is 10.3 Å². The highest BCUT2D eigenvalue weighted by Gasteiger charge is 2.20. The van der Waals surface area contributed by atoms with Crippen molar-refractivity contribution in [2.75, 3.05) is 38.3 Å². The molecule has 0 aliphatic carbocycles. The second-order valence-corrected chi connectivity index (χ2v) is 7.39. The summed E-state index contributed by atoms with van der Waals surface area (Å²) < 4.78 is 6.02. The number of hydrogen-bond acceptors (Lipinski definition) is 7. The van der Waals surface area contributed by atoms with Crippen LogP contribution in [0.15, 0.2) is 52.6 Å². The van der Waals surface area contributed by atoms with Crippen molar-refractivity contribution in [3.63, 3.8) is 0 Å². The van der Waals surface area contributed by atoms with Crippen molar-refractivity contribution in [3.8, 4) is 5.88 Å². The van der Waals surface area contributed by atoms with Crippen LogP contribution in [-0.2, 0) is 6.42 Å². The van der Waals surface area contributed by atoms with E-state index in [-0.39, 0.29) is 6.10 Å². The standard InChI is InChI=1S/C21H27N5OS/c1-23-11-17(10-22)16-9-20-21(26-12-16)27-18(14-25-20)13-24-8-7-15-3-5-19(28-2)6-4-15/h3-6,9-12,18,24-25H,7-8,13-14,22H2,1-2H3/b17-10+,23-11?. The predicted octanol–water partition coefficient (Wildman–Crippen LogP) is 2.81. The zero-order valence-corrected chi connectivity index (χ0v) is 17.1. The van der Waals surface area contributed by atoms with Gasteiger partial charge in [0.05, 0.1) is 12.2 Å². The highest BCUT2D eigenvalue weighted by atomic mass is 32.2. The zero-order chi connectivity index (χ0) is 19.8. The maximum absolute atomic E-state index is 6.02. The van der Waals surface area contributed by atoms with Crippen molar-refractivity contribution < 1.29 is 4.74 Å². The van der Waals surface area contributed by atoms with E-state index >= 15 is 0 Å². The molecule has 0 amide bonds. The van der Waals surface area contributed by atoms with Gasteiger partial charge in [-0.25, -0.2) is 4.98 Å². The molecular formula is C21H27N5OS. The molecule has 2 aromatic rings. The molecule has 3 rings (SSSR count). The van der Waals surface area contributed by atoms with E-state index in [2.05, 4.69) is 51.1 Å². The van der Waals surface area contributed by atoms with E-state index < -0.39 is 0 Å². The Labute approximate surface area is 170 Å². The number of anilines is 1. The monoisotopic (exact) mass is 397 g/mol. The van der Waals surface area contributed by atoms with Crippen LogP contribution in [0.25, 0.3) is 5.57 Å². The summed E-state index contributed by atoms with van der Waals surface area (Å²) in [5.41, 5.74) is 9.63. The number of nitrogens with two attached hydrogens (primary N) is 1. The number of benzene rings is 1. The topological polar surface area (TPSA) is 84.6 Å². The van der Waals surface area contributed by atoms with Crippen molar-refractivity contribution in [2.24, 2.45) is 10.7 Å². The van der Waals surface area contributed by atoms with Gasteiger partial charge in [-0.2, -0.15) is 0 Å². The molecule has 1 aromatic heterocycles. The summed E-state index contributed by atoms with van der Waals surface area (Å²) in [6, 6.07) is 10.7. The molecule has 0 bridgehead atoms. The zero-order valence-electron chi connectivity index (χ0n) is 16.3. The lowest BCUT2D eigenvalue weighted by Gasteiger charge is -2.27. The number of aromatic nitrogens is 1. The molecule has 2 heterocycles. The van der Waals surface area contributed by atoms with Crippen molar-refractivity contribution in [1.29, 1.82) is 0 Å². The Hall–Kier alpha value is -2.51. The van der Waals surface area contributed by atoms with Gasteiger partial charge in [0.2, 0.25) is 5.88 Å². The summed E-state index contributed by atoms with van der Waals surface area (Å²) in [6.45, 7) is 2.42. The first-order valence-electron chi connectivity index (χ1n) is 9.32. The highest BCUT2D eigenvalue weighted by molar-refractivity contribution is 7.98. The molecule has 7 heteroatoms. The second-order valence-electron chi connectivity index (χ2n) is 6.51. The maximum Gasteiger partial charge on any atom is 0.237 e. The van der Waals surface area contributed by atoms with E-state index in [4.69, 9.17) is 10.5 Å². The minimum absolute atomic E-state index is 0.0476. The third kappa shape index (κ3) is 5.27. The lowest BCUT2D eigenvalue weighted by Crippen LogP contribution is -2.40. The average Bonchev–Trinajstić information content (AvgIpc) is 2.75. The first kappa shape index (κ1) is 20.2. The molecule has 1 aromatic carbocycles. The van der Waals surface area contributed by atoms with Crippen LogP contribution in [0, 0.1) is 0 Å². The highest BCUT2D eigenvalue weighted by Crippen LogP contribution is 2.29. The number of ether oxygens (including phenoxy) is 1. The molecule has 1 atom stereocenters. The van der Waals surface area contributed by atoms with Crippen LogP contribution in [0.3, 0.4) is 0 Å². The Bertz CT molecular complexity index is 835. The van der Waals surface area contributed by atoms with Crippen molar-refractivity contribution in [3.05, 3.63) is 53.9 Å². The average molecular weight is 398 g/mol. The van der Waals surface area contributed by atoms with Gasteiger partial charge in [0.25, 0.3) is 0 Å². The molecule has 6 nitrogen and oxygen atoms in total. The van der Waals surface area contributed by atoms with E-state index in [1.54, 1.807) is 31.2 Å². The molecule has 1 aliphatic heterocycles. The number of nitrogens with one attached hydrogen (secondary N) is 2. The minimum atomic E-state index is 0.0476. The molecule has 0 spiro atoms. The Balaban J connectivity index is 1.48. The summed E-state index contributed by atoms with van der Waals surface area (Å²) in [7, 11) is 1.72. The van der Waals surface area contributed by atoms with Gasteiger partial charge in [-0.15, -0.1) is 11.8 Å². The molecule has 0 saturated heterocycles. The van der Waals surface area contributed by atoms with Gasteiger partial charge in [-0.3, -0.25) is 4.99 Å². The van der Waals surface area contributed by atoms with Crippen LogP contribution in [0.4, 0.5) is 5.69 Å². The summed E-state index contributed by atoms with van der Waals surface area (Å²) in [5.74, 6) is 0.624. The van der Waals surface area contributed by atoms with Crippen LogP contribution in [0.2, 0.25) is 0 Å². The third-order valence-corrected chi connectivity index (χ3v) is 5.30. The Kier molecular flexibility index (Phi) is 7.33. The molecule has 28 heavy (non-hydrogen) atoms. The summed E-state index contributed by atoms with van der Waals surface area (Å²) in [6.07, 6.45) is 8.15. The first-order chi connectivity index (χ1) is 13.7. The summed E-state index contributed by atoms with van der Waals surface area (Å²) in [5, 5.41) is 6.88. The van der Waals surface area contributed by atoms with Crippen LogP contribution in [-0.4, -0.2) is 50.2 Å². The quantitative estimate of drug-likeness (QED) is 0.361. The van der Waals surface area contributed by atoms with Gasteiger partial charge in [0.15, 0.2) is 0 Å². The van der Waals surface area contributed by atoms with Gasteiger partial charge in [-0.1, -0.05) is 12.1 Å². The lowest BCUT2D eigenvalue weighted by atomic mass is 10.1. The molecule has 1 unspecified atom stereocenters. The largest absolute Gasteiger partial charge is 0.470 e. The third-order valence-electron chi connectivity index (χ3n) is 4.55. The van der Waals surface area contributed by atoms with E-state index in [0.717, 1.165) is 42.9 Å². The number of hydrogen-bond donors (Lipinski definition) is 3. The fourth-order valence-electron chi connectivity index (χ4n) is 3.01. The molecule has 4 N–H and O–H groups in total. The van der Waals surface area contributed by atoms with Crippen LogP contribution >= 0.6 is 11.8 Å². The SMILES string of the molecule is CN=C/C(=C\N)c1cnc2c(c1)NCC(CNCCc1ccc(SC)cc1)O2. The molecular weight excluding hydrogens is 370 g/mol. The van der Waals surface area contributed by atoms with E-state index in [9.17, 15) is 0 Å². The normalized spacial score (nSPS) is 16.5. The van der Waals surface area contributed by atoms with Crippen LogP contribution in [0.5, 0.6) is 5.88 Å². The minimum Gasteiger partial charge on any atom is -0.470 e. The molecule has 0 radical (unpaired) electrons. The number of thioether (sulfide) groups is 1. The molecule has 0 saturated carbocycles. The van der Waals surface area contributed by atoms with Crippen molar-refractivity contribution in [2.45, 2.75) is 17.4 Å². The number of aliphatic imine (C=N–C) groups is 1. The molecule has 0 fully saturated rings. The second kappa shape index (κ2) is 10.1. The Morgan fingerprint density at radius 1 is 1.43 bits per heavy atom. The van der Waals surface area contributed by atoms with Crippen LogP contribution < -0.4 is 21.1 Å². The maximum atomic E-state index is 6.02. The van der Waals surface area contributed by atoms with Gasteiger partial charge in [0.1, 0.15) is 6.10 Å². The van der Waals surface area contributed by atoms with Gasteiger partial charge >= 0.3 is 0 Å². The molecule has 1 aliphatic rings. The Morgan fingerprint density at radius 2 is 2.25 bits per heavy atom.